The number of halogens is 2. The summed E-state index contributed by atoms with van der Waals surface area (Å²) in [4.78, 5) is 36.0. The molecule has 10 nitrogen and oxygen atoms in total. The van der Waals surface area contributed by atoms with Crippen molar-refractivity contribution in [2.75, 3.05) is 20.1 Å². The molecule has 2 aliphatic rings. The first-order valence-corrected chi connectivity index (χ1v) is 13.1. The van der Waals surface area contributed by atoms with E-state index in [1.807, 2.05) is 37.0 Å². The Morgan fingerprint density at radius 3 is 2.68 bits per heavy atom. The van der Waals surface area contributed by atoms with Gasteiger partial charge in [-0.25, -0.2) is 9.37 Å². The number of fused-ring (bicyclic) bond motifs is 2. The lowest BCUT2D eigenvalue weighted by Crippen LogP contribution is -2.56. The number of hydrogen-bond donors (Lipinski definition) is 1. The van der Waals surface area contributed by atoms with E-state index in [4.69, 9.17) is 11.6 Å². The van der Waals surface area contributed by atoms with Crippen molar-refractivity contribution in [2.24, 2.45) is 5.41 Å². The Labute approximate surface area is 225 Å². The van der Waals surface area contributed by atoms with Crippen molar-refractivity contribution in [3.05, 3.63) is 52.6 Å². The molecule has 1 N–H and O–H groups in total. The first-order chi connectivity index (χ1) is 18.0. The highest BCUT2D eigenvalue weighted by Crippen LogP contribution is 2.30. The van der Waals surface area contributed by atoms with E-state index in [-0.39, 0.29) is 17.2 Å². The largest absolute Gasteiger partial charge is 0.338 e. The lowest BCUT2D eigenvalue weighted by atomic mass is 9.85. The summed E-state index contributed by atoms with van der Waals surface area (Å²) in [5.74, 6) is -0.0593. The molecule has 38 heavy (non-hydrogen) atoms. The van der Waals surface area contributed by atoms with Gasteiger partial charge in [0.1, 0.15) is 24.0 Å². The fourth-order valence-electron chi connectivity index (χ4n) is 5.06. The van der Waals surface area contributed by atoms with Crippen molar-refractivity contribution in [1.82, 2.24) is 39.4 Å². The van der Waals surface area contributed by atoms with E-state index >= 15 is 0 Å². The molecular weight excluding hydrogens is 511 g/mol. The van der Waals surface area contributed by atoms with Crippen LogP contribution in [0, 0.1) is 11.2 Å². The van der Waals surface area contributed by atoms with Gasteiger partial charge in [-0.1, -0.05) is 32.4 Å². The van der Waals surface area contributed by atoms with Crippen LogP contribution in [0.3, 0.4) is 0 Å². The fraction of sp³-hybridized carbons (Fsp3) is 0.500. The zero-order valence-corrected chi connectivity index (χ0v) is 22.8. The smallest absolute Gasteiger partial charge is 0.272 e. The molecule has 0 saturated heterocycles. The standard InChI is InChI=1S/C26H32ClFN8O2/c1-26(2,3)22(25(38)34-10-11-35-15-29-32-20(35)14-34)31-24(37)21-19-13-33(4)8-5-9-36(19)23(30-21)17-12-16(27)6-7-18(17)28/h6-7,12,15,22H,5,8-11,13-14H2,1-4H3,(H,31,37). The highest BCUT2D eigenvalue weighted by atomic mass is 35.5. The average molecular weight is 543 g/mol. The molecule has 4 heterocycles. The normalized spacial score (nSPS) is 16.9. The maximum Gasteiger partial charge on any atom is 0.272 e. The number of carbonyl (C=O) groups excluding carboxylic acids is 2. The zero-order valence-electron chi connectivity index (χ0n) is 22.0. The topological polar surface area (TPSA) is 101 Å². The molecule has 0 radical (unpaired) electrons. The summed E-state index contributed by atoms with van der Waals surface area (Å²) in [5, 5.41) is 11.4. The van der Waals surface area contributed by atoms with Crippen LogP contribution >= 0.6 is 11.6 Å². The van der Waals surface area contributed by atoms with Crippen LogP contribution in [0.25, 0.3) is 11.4 Å². The summed E-state index contributed by atoms with van der Waals surface area (Å²) in [6.07, 6.45) is 2.47. The van der Waals surface area contributed by atoms with Gasteiger partial charge in [0, 0.05) is 31.2 Å². The van der Waals surface area contributed by atoms with E-state index in [0.29, 0.717) is 55.1 Å². The molecule has 1 atom stereocenters. The minimum Gasteiger partial charge on any atom is -0.338 e. The minimum atomic E-state index is -0.809. The molecule has 0 fully saturated rings. The lowest BCUT2D eigenvalue weighted by Gasteiger charge is -2.36. The molecule has 3 aromatic rings. The van der Waals surface area contributed by atoms with Crippen molar-refractivity contribution in [3.63, 3.8) is 0 Å². The predicted octanol–water partition coefficient (Wildman–Crippen LogP) is 2.96. The maximum atomic E-state index is 14.9. The van der Waals surface area contributed by atoms with Gasteiger partial charge in [-0.3, -0.25) is 9.59 Å². The molecule has 0 spiro atoms. The van der Waals surface area contributed by atoms with Crippen molar-refractivity contribution in [3.8, 4) is 11.4 Å². The van der Waals surface area contributed by atoms with Gasteiger partial charge < -0.3 is 24.3 Å². The Balaban J connectivity index is 1.49. The second kappa shape index (κ2) is 10.1. The molecule has 2 aliphatic heterocycles. The summed E-state index contributed by atoms with van der Waals surface area (Å²) < 4.78 is 18.7. The van der Waals surface area contributed by atoms with Crippen LogP contribution in [0.4, 0.5) is 4.39 Å². The number of nitrogens with zero attached hydrogens (tertiary/aromatic N) is 7. The summed E-state index contributed by atoms with van der Waals surface area (Å²) in [7, 11) is 1.97. The molecule has 12 heteroatoms. The summed E-state index contributed by atoms with van der Waals surface area (Å²) in [5.41, 5.74) is 0.535. The third-order valence-electron chi connectivity index (χ3n) is 7.14. The Kier molecular flexibility index (Phi) is 6.99. The van der Waals surface area contributed by atoms with Crippen molar-refractivity contribution in [2.45, 2.75) is 59.4 Å². The molecule has 0 saturated carbocycles. The number of hydrogen-bond acceptors (Lipinski definition) is 6. The SMILES string of the molecule is CN1CCCn2c(-c3cc(Cl)ccc3F)nc(C(=O)NC(C(=O)N3CCn4cnnc4C3)C(C)(C)C)c2C1. The monoisotopic (exact) mass is 542 g/mol. The van der Waals surface area contributed by atoms with E-state index in [2.05, 4.69) is 25.4 Å². The van der Waals surface area contributed by atoms with E-state index in [1.165, 1.54) is 18.2 Å². The Morgan fingerprint density at radius 2 is 1.92 bits per heavy atom. The van der Waals surface area contributed by atoms with E-state index in [1.54, 1.807) is 11.2 Å². The third-order valence-corrected chi connectivity index (χ3v) is 7.37. The number of imidazole rings is 1. The number of aromatic nitrogens is 5. The summed E-state index contributed by atoms with van der Waals surface area (Å²) >= 11 is 6.18. The first-order valence-electron chi connectivity index (χ1n) is 12.7. The molecule has 0 aliphatic carbocycles. The molecule has 1 aromatic carbocycles. The zero-order chi connectivity index (χ0) is 27.2. The van der Waals surface area contributed by atoms with Crippen LogP contribution < -0.4 is 5.32 Å². The number of nitrogens with one attached hydrogen (secondary N) is 1. The predicted molar refractivity (Wildman–Crippen MR) is 140 cm³/mol. The third kappa shape index (κ3) is 5.04. The minimum absolute atomic E-state index is 0.188. The number of carbonyl (C=O) groups is 2. The molecular formula is C26H32ClFN8O2. The highest BCUT2D eigenvalue weighted by Gasteiger charge is 2.38. The van der Waals surface area contributed by atoms with Gasteiger partial charge in [-0.2, -0.15) is 0 Å². The van der Waals surface area contributed by atoms with Crippen LogP contribution in [0.1, 0.15) is 49.2 Å². The Morgan fingerprint density at radius 1 is 1.13 bits per heavy atom. The van der Waals surface area contributed by atoms with Crippen molar-refractivity contribution >= 4 is 23.4 Å². The Bertz CT molecular complexity index is 1380. The highest BCUT2D eigenvalue weighted by molar-refractivity contribution is 6.30. The van der Waals surface area contributed by atoms with Gasteiger partial charge in [0.25, 0.3) is 5.91 Å². The molecule has 1 unspecified atom stereocenters. The molecule has 202 valence electrons. The molecule has 0 bridgehead atoms. The number of benzene rings is 1. The van der Waals surface area contributed by atoms with E-state index < -0.39 is 23.2 Å². The second-order valence-corrected chi connectivity index (χ2v) is 11.5. The summed E-state index contributed by atoms with van der Waals surface area (Å²) in [6.45, 7) is 9.02. The second-order valence-electron chi connectivity index (χ2n) is 11.1. The van der Waals surface area contributed by atoms with E-state index in [0.717, 1.165) is 13.0 Å². The van der Waals surface area contributed by atoms with Gasteiger partial charge in [-0.15, -0.1) is 10.2 Å². The molecule has 2 aromatic heterocycles. The van der Waals surface area contributed by atoms with Gasteiger partial charge in [0.05, 0.1) is 17.8 Å². The molecule has 2 amide bonds. The first kappa shape index (κ1) is 26.3. The van der Waals surface area contributed by atoms with Crippen molar-refractivity contribution < 1.29 is 14.0 Å². The average Bonchev–Trinajstić information content (AvgIpc) is 3.42. The van der Waals surface area contributed by atoms with Crippen molar-refractivity contribution in [1.29, 1.82) is 0 Å². The molecule has 5 rings (SSSR count). The van der Waals surface area contributed by atoms with Crippen LogP contribution in [-0.2, 0) is 31.0 Å². The van der Waals surface area contributed by atoms with Crippen LogP contribution in [0.15, 0.2) is 24.5 Å². The van der Waals surface area contributed by atoms with Crippen LogP contribution in [-0.4, -0.2) is 72.1 Å². The summed E-state index contributed by atoms with van der Waals surface area (Å²) in [6, 6.07) is 3.50. The quantitative estimate of drug-likeness (QED) is 0.544. The number of rotatable bonds is 4. The fourth-order valence-corrected chi connectivity index (χ4v) is 5.23. The van der Waals surface area contributed by atoms with Gasteiger partial charge in [0.2, 0.25) is 5.91 Å². The van der Waals surface area contributed by atoms with E-state index in [9.17, 15) is 14.0 Å². The van der Waals surface area contributed by atoms with Gasteiger partial charge >= 0.3 is 0 Å². The lowest BCUT2D eigenvalue weighted by molar-refractivity contribution is -0.137. The maximum absolute atomic E-state index is 14.9. The van der Waals surface area contributed by atoms with Crippen LogP contribution in [0.5, 0.6) is 0 Å². The van der Waals surface area contributed by atoms with Crippen LogP contribution in [0.2, 0.25) is 5.02 Å². The Hall–Kier alpha value is -3.31. The van der Waals surface area contributed by atoms with Gasteiger partial charge in [-0.05, 0) is 43.6 Å². The van der Waals surface area contributed by atoms with Gasteiger partial charge in [0.15, 0.2) is 11.5 Å². The number of amides is 2.